The fraction of sp³-hybridized carbons (Fsp3) is 0.133. The van der Waals surface area contributed by atoms with Crippen LogP contribution in [0.5, 0.6) is 5.75 Å². The van der Waals surface area contributed by atoms with E-state index in [1.807, 2.05) is 24.3 Å². The standard InChI is InChI=1S/C15H13FN2OS/c16-11-5-1-4-8-14(11)19-9-10-20-15-17-12-6-2-3-7-13(12)18-15/h1-8H,9-10H2,(H,17,18). The molecular formula is C15H13FN2OS. The van der Waals surface area contributed by atoms with E-state index in [9.17, 15) is 4.39 Å². The van der Waals surface area contributed by atoms with E-state index in [4.69, 9.17) is 4.74 Å². The SMILES string of the molecule is Fc1ccccc1OCCSc1nc2ccccc2[nH]1. The second kappa shape index (κ2) is 5.96. The van der Waals surface area contributed by atoms with Gasteiger partial charge in [-0.25, -0.2) is 9.37 Å². The van der Waals surface area contributed by atoms with E-state index in [2.05, 4.69) is 9.97 Å². The van der Waals surface area contributed by atoms with Crippen molar-refractivity contribution in [3.63, 3.8) is 0 Å². The Morgan fingerprint density at radius 1 is 1.10 bits per heavy atom. The lowest BCUT2D eigenvalue weighted by molar-refractivity contribution is 0.325. The van der Waals surface area contributed by atoms with Gasteiger partial charge in [-0.05, 0) is 24.3 Å². The van der Waals surface area contributed by atoms with Crippen LogP contribution in [-0.2, 0) is 0 Å². The Balaban J connectivity index is 1.54. The number of H-pyrrole nitrogens is 1. The van der Waals surface area contributed by atoms with Crippen LogP contribution < -0.4 is 4.74 Å². The molecule has 1 N–H and O–H groups in total. The highest BCUT2D eigenvalue weighted by Gasteiger charge is 2.04. The number of ether oxygens (including phenoxy) is 1. The van der Waals surface area contributed by atoms with Crippen molar-refractivity contribution in [1.29, 1.82) is 0 Å². The summed E-state index contributed by atoms with van der Waals surface area (Å²) < 4.78 is 18.7. The Hall–Kier alpha value is -2.01. The molecule has 0 saturated carbocycles. The summed E-state index contributed by atoms with van der Waals surface area (Å²) in [6, 6.07) is 14.3. The lowest BCUT2D eigenvalue weighted by atomic mass is 10.3. The maximum absolute atomic E-state index is 13.3. The van der Waals surface area contributed by atoms with Crippen molar-refractivity contribution < 1.29 is 9.13 Å². The first kappa shape index (κ1) is 13.0. The topological polar surface area (TPSA) is 37.9 Å². The Bertz CT molecular complexity index is 681. The van der Waals surface area contributed by atoms with Crippen LogP contribution in [0.2, 0.25) is 0 Å². The first-order valence-corrected chi connectivity index (χ1v) is 7.26. The number of nitrogens with one attached hydrogen (secondary N) is 1. The molecule has 0 atom stereocenters. The van der Waals surface area contributed by atoms with Crippen LogP contribution in [-0.4, -0.2) is 22.3 Å². The monoisotopic (exact) mass is 288 g/mol. The number of hydrogen-bond donors (Lipinski definition) is 1. The molecule has 0 amide bonds. The summed E-state index contributed by atoms with van der Waals surface area (Å²) in [6.07, 6.45) is 0. The van der Waals surface area contributed by atoms with Gasteiger partial charge in [0.05, 0.1) is 17.6 Å². The van der Waals surface area contributed by atoms with Crippen molar-refractivity contribution in [2.45, 2.75) is 5.16 Å². The summed E-state index contributed by atoms with van der Waals surface area (Å²) in [7, 11) is 0. The summed E-state index contributed by atoms with van der Waals surface area (Å²) >= 11 is 1.56. The van der Waals surface area contributed by atoms with Gasteiger partial charge in [0, 0.05) is 5.75 Å². The third kappa shape index (κ3) is 2.93. The van der Waals surface area contributed by atoms with Crippen LogP contribution in [0.25, 0.3) is 11.0 Å². The van der Waals surface area contributed by atoms with E-state index in [0.717, 1.165) is 16.2 Å². The van der Waals surface area contributed by atoms with E-state index in [1.54, 1.807) is 30.0 Å². The summed E-state index contributed by atoms with van der Waals surface area (Å²) in [5, 5.41) is 0.850. The van der Waals surface area contributed by atoms with Crippen molar-refractivity contribution in [2.75, 3.05) is 12.4 Å². The number of aromatic nitrogens is 2. The van der Waals surface area contributed by atoms with Crippen LogP contribution in [0.4, 0.5) is 4.39 Å². The molecule has 0 aliphatic heterocycles. The molecule has 5 heteroatoms. The largest absolute Gasteiger partial charge is 0.490 e. The highest BCUT2D eigenvalue weighted by molar-refractivity contribution is 7.99. The van der Waals surface area contributed by atoms with E-state index in [0.29, 0.717) is 12.4 Å². The minimum atomic E-state index is -0.332. The average Bonchev–Trinajstić information content (AvgIpc) is 2.88. The molecule has 3 aromatic rings. The zero-order chi connectivity index (χ0) is 13.8. The van der Waals surface area contributed by atoms with E-state index < -0.39 is 0 Å². The normalized spacial score (nSPS) is 10.8. The van der Waals surface area contributed by atoms with Crippen LogP contribution in [0.3, 0.4) is 0 Å². The van der Waals surface area contributed by atoms with Gasteiger partial charge >= 0.3 is 0 Å². The highest BCUT2D eigenvalue weighted by atomic mass is 32.2. The van der Waals surface area contributed by atoms with Gasteiger partial charge in [-0.3, -0.25) is 0 Å². The molecule has 0 aliphatic rings. The molecule has 20 heavy (non-hydrogen) atoms. The van der Waals surface area contributed by atoms with Crippen LogP contribution >= 0.6 is 11.8 Å². The molecule has 1 heterocycles. The number of fused-ring (bicyclic) bond motifs is 1. The molecule has 0 bridgehead atoms. The third-order valence-electron chi connectivity index (χ3n) is 2.78. The third-order valence-corrected chi connectivity index (χ3v) is 3.62. The summed E-state index contributed by atoms with van der Waals surface area (Å²) in [5.41, 5.74) is 1.97. The molecule has 0 spiro atoms. The van der Waals surface area contributed by atoms with Gasteiger partial charge in [0.15, 0.2) is 16.7 Å². The second-order valence-corrected chi connectivity index (χ2v) is 5.27. The van der Waals surface area contributed by atoms with Crippen molar-refractivity contribution in [3.8, 4) is 5.75 Å². The molecule has 1 aromatic heterocycles. The number of aromatic amines is 1. The van der Waals surface area contributed by atoms with Gasteiger partial charge in [0.2, 0.25) is 0 Å². The van der Waals surface area contributed by atoms with Gasteiger partial charge < -0.3 is 9.72 Å². The van der Waals surface area contributed by atoms with Gasteiger partial charge in [0.1, 0.15) is 0 Å². The smallest absolute Gasteiger partial charge is 0.166 e. The Morgan fingerprint density at radius 3 is 2.75 bits per heavy atom. The van der Waals surface area contributed by atoms with Crippen molar-refractivity contribution in [1.82, 2.24) is 9.97 Å². The molecule has 0 saturated heterocycles. The van der Waals surface area contributed by atoms with E-state index in [-0.39, 0.29) is 11.6 Å². The number of benzene rings is 2. The number of thioether (sulfide) groups is 1. The summed E-state index contributed by atoms with van der Waals surface area (Å²) in [4.78, 5) is 7.68. The van der Waals surface area contributed by atoms with Crippen LogP contribution in [0.1, 0.15) is 0 Å². The zero-order valence-electron chi connectivity index (χ0n) is 10.7. The maximum atomic E-state index is 13.3. The van der Waals surface area contributed by atoms with Gasteiger partial charge in [0.25, 0.3) is 0 Å². The van der Waals surface area contributed by atoms with Crippen LogP contribution in [0.15, 0.2) is 53.7 Å². The number of nitrogens with zero attached hydrogens (tertiary/aromatic N) is 1. The zero-order valence-corrected chi connectivity index (χ0v) is 11.5. The molecule has 0 fully saturated rings. The van der Waals surface area contributed by atoms with Gasteiger partial charge in [-0.1, -0.05) is 36.0 Å². The Kier molecular flexibility index (Phi) is 3.87. The number of halogens is 1. The van der Waals surface area contributed by atoms with Crippen LogP contribution in [0, 0.1) is 5.82 Å². The fourth-order valence-electron chi connectivity index (χ4n) is 1.85. The second-order valence-electron chi connectivity index (χ2n) is 4.19. The van der Waals surface area contributed by atoms with Crippen molar-refractivity contribution in [3.05, 3.63) is 54.3 Å². The number of imidazole rings is 1. The number of rotatable bonds is 5. The lowest BCUT2D eigenvalue weighted by Gasteiger charge is -2.05. The predicted octanol–water partition coefficient (Wildman–Crippen LogP) is 3.87. The first-order chi connectivity index (χ1) is 9.83. The Labute approximate surface area is 120 Å². The molecule has 3 nitrogen and oxygen atoms in total. The minimum Gasteiger partial charge on any atom is -0.490 e. The Morgan fingerprint density at radius 2 is 1.90 bits per heavy atom. The first-order valence-electron chi connectivity index (χ1n) is 6.28. The molecular weight excluding hydrogens is 275 g/mol. The average molecular weight is 288 g/mol. The molecule has 0 aliphatic carbocycles. The maximum Gasteiger partial charge on any atom is 0.166 e. The highest BCUT2D eigenvalue weighted by Crippen LogP contribution is 2.20. The molecule has 2 aromatic carbocycles. The van der Waals surface area contributed by atoms with E-state index in [1.165, 1.54) is 6.07 Å². The molecule has 0 radical (unpaired) electrons. The van der Waals surface area contributed by atoms with Gasteiger partial charge in [-0.2, -0.15) is 0 Å². The van der Waals surface area contributed by atoms with Crippen molar-refractivity contribution in [2.24, 2.45) is 0 Å². The summed E-state index contributed by atoms with van der Waals surface area (Å²) in [5.74, 6) is 0.660. The fourth-order valence-corrected chi connectivity index (χ4v) is 2.55. The lowest BCUT2D eigenvalue weighted by Crippen LogP contribution is -2.01. The predicted molar refractivity (Wildman–Crippen MR) is 78.7 cm³/mol. The van der Waals surface area contributed by atoms with E-state index >= 15 is 0 Å². The summed E-state index contributed by atoms with van der Waals surface area (Å²) in [6.45, 7) is 0.433. The van der Waals surface area contributed by atoms with Gasteiger partial charge in [-0.15, -0.1) is 0 Å². The molecule has 0 unspecified atom stereocenters. The molecule has 102 valence electrons. The minimum absolute atomic E-state index is 0.290. The number of hydrogen-bond acceptors (Lipinski definition) is 3. The van der Waals surface area contributed by atoms with Crippen molar-refractivity contribution >= 4 is 22.8 Å². The molecule has 3 rings (SSSR count). The number of para-hydroxylation sites is 3. The quantitative estimate of drug-likeness (QED) is 0.572.